The quantitative estimate of drug-likeness (QED) is 0.466. The van der Waals surface area contributed by atoms with Crippen LogP contribution in [0.1, 0.15) is 32.3 Å². The molecule has 0 bridgehead atoms. The van der Waals surface area contributed by atoms with Crippen molar-refractivity contribution < 1.29 is 26.4 Å². The molecule has 2 aromatic rings. The summed E-state index contributed by atoms with van der Waals surface area (Å²) in [5.74, 6) is -1.09. The van der Waals surface area contributed by atoms with Gasteiger partial charge in [0, 0.05) is 29.2 Å². The zero-order valence-corrected chi connectivity index (χ0v) is 23.3. The molecule has 2 aromatic carbocycles. The van der Waals surface area contributed by atoms with E-state index in [4.69, 9.17) is 27.9 Å². The highest BCUT2D eigenvalue weighted by Crippen LogP contribution is 2.30. The first-order chi connectivity index (χ1) is 16.8. The Morgan fingerprint density at radius 1 is 1.14 bits per heavy atom. The van der Waals surface area contributed by atoms with E-state index in [0.29, 0.717) is 23.4 Å². The minimum atomic E-state index is -3.80. The van der Waals surface area contributed by atoms with Gasteiger partial charge < -0.3 is 10.1 Å². The number of amides is 1. The predicted octanol–water partition coefficient (Wildman–Crippen LogP) is 3.87. The van der Waals surface area contributed by atoms with Crippen LogP contribution < -0.4 is 14.8 Å². The molecule has 1 saturated heterocycles. The molecule has 2 N–H and O–H groups in total. The molecule has 0 aliphatic carbocycles. The van der Waals surface area contributed by atoms with Crippen molar-refractivity contribution in [2.45, 2.75) is 43.4 Å². The fourth-order valence-electron chi connectivity index (χ4n) is 3.90. The Balaban J connectivity index is 1.76. The number of carbonyl (C=O) groups excluding carboxylic acids is 1. The number of hydrogen-bond donors (Lipinski definition) is 2. The minimum Gasteiger partial charge on any atom is -0.495 e. The minimum absolute atomic E-state index is 0.00537. The average Bonchev–Trinajstić information content (AvgIpc) is 2.80. The fraction of sp³-hybridized carbons (Fsp3) is 0.435. The number of benzene rings is 2. The number of ether oxygens (including phenoxy) is 1. The van der Waals surface area contributed by atoms with Gasteiger partial charge >= 0.3 is 0 Å². The van der Waals surface area contributed by atoms with Crippen LogP contribution in [0, 0.1) is 5.92 Å². The maximum absolute atomic E-state index is 13.1. The molecule has 0 unspecified atom stereocenters. The lowest BCUT2D eigenvalue weighted by Gasteiger charge is -2.31. The second-order valence-electron chi connectivity index (χ2n) is 8.82. The van der Waals surface area contributed by atoms with Gasteiger partial charge in [-0.05, 0) is 62.6 Å². The zero-order chi connectivity index (χ0) is 26.7. The smallest absolute Gasteiger partial charge is 0.240 e. The topological polar surface area (TPSA) is 122 Å². The maximum atomic E-state index is 13.1. The van der Waals surface area contributed by atoms with E-state index in [2.05, 4.69) is 10.0 Å². The molecular formula is C23H29Cl2N3O6S2. The average molecular weight is 579 g/mol. The van der Waals surface area contributed by atoms with Crippen molar-refractivity contribution in [1.29, 1.82) is 0 Å². The van der Waals surface area contributed by atoms with E-state index in [9.17, 15) is 21.6 Å². The SMILES string of the molecule is COc1ccc(S(=O)(=O)NC(C)C)cc1NC(=O)[C@H]1CCCN(S(=O)(=O)Cc2ccc(Cl)cc2Cl)C1. The van der Waals surface area contributed by atoms with Crippen molar-refractivity contribution in [3.63, 3.8) is 0 Å². The molecule has 0 spiro atoms. The number of nitrogens with zero attached hydrogens (tertiary/aromatic N) is 1. The van der Waals surface area contributed by atoms with E-state index in [0.717, 1.165) is 0 Å². The molecule has 1 aliphatic rings. The summed E-state index contributed by atoms with van der Waals surface area (Å²) in [5.41, 5.74) is 0.604. The Hall–Kier alpha value is -1.89. The summed E-state index contributed by atoms with van der Waals surface area (Å²) in [6, 6.07) is 8.47. The molecule has 1 aliphatic heterocycles. The Kier molecular flexibility index (Phi) is 9.29. The number of halogens is 2. The first-order valence-electron chi connectivity index (χ1n) is 11.3. The van der Waals surface area contributed by atoms with Crippen LogP contribution in [0.25, 0.3) is 0 Å². The van der Waals surface area contributed by atoms with Gasteiger partial charge in [0.05, 0.1) is 29.4 Å². The molecule has 3 rings (SSSR count). The van der Waals surface area contributed by atoms with E-state index < -0.39 is 31.9 Å². The van der Waals surface area contributed by atoms with E-state index >= 15 is 0 Å². The number of hydrogen-bond acceptors (Lipinski definition) is 6. The van der Waals surface area contributed by atoms with E-state index in [1.165, 1.54) is 35.7 Å². The van der Waals surface area contributed by atoms with Gasteiger partial charge in [-0.15, -0.1) is 0 Å². The Bertz CT molecular complexity index is 1330. The van der Waals surface area contributed by atoms with Crippen LogP contribution in [0.3, 0.4) is 0 Å². The standard InChI is InChI=1S/C23H29Cl2N3O6S2/c1-15(2)27-36(32,33)19-8-9-22(34-3)21(12-19)26-23(29)16-5-4-10-28(13-16)35(30,31)14-17-6-7-18(24)11-20(17)25/h6-9,11-12,15-16,27H,4-5,10,13-14H2,1-3H3,(H,26,29)/t16-/m0/s1. The Morgan fingerprint density at radius 3 is 2.50 bits per heavy atom. The number of nitrogens with one attached hydrogen (secondary N) is 2. The number of methoxy groups -OCH3 is 1. The third kappa shape index (κ3) is 7.11. The molecule has 1 heterocycles. The molecule has 198 valence electrons. The van der Waals surface area contributed by atoms with Gasteiger partial charge in [0.2, 0.25) is 26.0 Å². The van der Waals surface area contributed by atoms with Gasteiger partial charge in [-0.3, -0.25) is 4.79 Å². The van der Waals surface area contributed by atoms with Crippen LogP contribution in [0.5, 0.6) is 5.75 Å². The molecule has 9 nitrogen and oxygen atoms in total. The predicted molar refractivity (Wildman–Crippen MR) is 140 cm³/mol. The van der Waals surface area contributed by atoms with Crippen LogP contribution >= 0.6 is 23.2 Å². The summed E-state index contributed by atoms with van der Waals surface area (Å²) in [4.78, 5) is 13.1. The van der Waals surface area contributed by atoms with Gasteiger partial charge in [0.1, 0.15) is 5.75 Å². The van der Waals surface area contributed by atoms with Crippen LogP contribution in [-0.4, -0.2) is 53.3 Å². The number of sulfonamides is 2. The molecule has 1 amide bonds. The van der Waals surface area contributed by atoms with Crippen LogP contribution in [0.15, 0.2) is 41.3 Å². The number of piperidine rings is 1. The molecule has 36 heavy (non-hydrogen) atoms. The summed E-state index contributed by atoms with van der Waals surface area (Å²) in [6.07, 6.45) is 0.976. The summed E-state index contributed by atoms with van der Waals surface area (Å²) >= 11 is 12.1. The van der Waals surface area contributed by atoms with Crippen LogP contribution in [0.4, 0.5) is 5.69 Å². The normalized spacial score (nSPS) is 17.2. The molecule has 0 saturated carbocycles. The first kappa shape index (κ1) is 28.7. The van der Waals surface area contributed by atoms with Gasteiger partial charge in [0.25, 0.3) is 0 Å². The summed E-state index contributed by atoms with van der Waals surface area (Å²) in [6.45, 7) is 3.69. The third-order valence-corrected chi connectivity index (χ3v) is 9.67. The summed E-state index contributed by atoms with van der Waals surface area (Å²) in [7, 11) is -6.14. The largest absolute Gasteiger partial charge is 0.495 e. The van der Waals surface area contributed by atoms with Crippen molar-refractivity contribution >= 4 is 54.8 Å². The first-order valence-corrected chi connectivity index (χ1v) is 15.1. The van der Waals surface area contributed by atoms with Crippen molar-refractivity contribution in [2.75, 3.05) is 25.5 Å². The molecule has 1 fully saturated rings. The maximum Gasteiger partial charge on any atom is 0.240 e. The lowest BCUT2D eigenvalue weighted by atomic mass is 9.98. The van der Waals surface area contributed by atoms with Gasteiger partial charge in [-0.2, -0.15) is 0 Å². The fourth-order valence-corrected chi connectivity index (χ4v) is 7.37. The second kappa shape index (κ2) is 11.7. The molecule has 0 aromatic heterocycles. The highest BCUT2D eigenvalue weighted by atomic mass is 35.5. The van der Waals surface area contributed by atoms with Gasteiger partial charge in [0.15, 0.2) is 0 Å². The van der Waals surface area contributed by atoms with Crippen molar-refractivity contribution in [2.24, 2.45) is 5.92 Å². The lowest BCUT2D eigenvalue weighted by molar-refractivity contribution is -0.120. The van der Waals surface area contributed by atoms with Crippen molar-refractivity contribution in [3.05, 3.63) is 52.0 Å². The number of rotatable bonds is 9. The molecular weight excluding hydrogens is 549 g/mol. The highest BCUT2D eigenvalue weighted by Gasteiger charge is 2.33. The summed E-state index contributed by atoms with van der Waals surface area (Å²) < 4.78 is 60.4. The van der Waals surface area contributed by atoms with Crippen LogP contribution in [0.2, 0.25) is 10.0 Å². The van der Waals surface area contributed by atoms with Crippen molar-refractivity contribution in [1.82, 2.24) is 9.03 Å². The monoisotopic (exact) mass is 577 g/mol. The van der Waals surface area contributed by atoms with E-state index in [1.54, 1.807) is 26.0 Å². The Labute approximate surface area is 222 Å². The zero-order valence-electron chi connectivity index (χ0n) is 20.1. The van der Waals surface area contributed by atoms with E-state index in [-0.39, 0.29) is 46.2 Å². The summed E-state index contributed by atoms with van der Waals surface area (Å²) in [5, 5.41) is 3.38. The second-order valence-corrected chi connectivity index (χ2v) is 13.3. The molecule has 1 atom stereocenters. The third-order valence-electron chi connectivity index (χ3n) is 5.63. The molecule has 0 radical (unpaired) electrons. The van der Waals surface area contributed by atoms with Gasteiger partial charge in [-0.25, -0.2) is 25.9 Å². The van der Waals surface area contributed by atoms with Crippen LogP contribution in [-0.2, 0) is 30.6 Å². The Morgan fingerprint density at radius 2 is 1.86 bits per heavy atom. The lowest BCUT2D eigenvalue weighted by Crippen LogP contribution is -2.44. The van der Waals surface area contributed by atoms with E-state index in [1.807, 2.05) is 0 Å². The number of carbonyl (C=O) groups is 1. The van der Waals surface area contributed by atoms with Gasteiger partial charge in [-0.1, -0.05) is 29.3 Å². The van der Waals surface area contributed by atoms with Crippen molar-refractivity contribution in [3.8, 4) is 5.75 Å². The number of anilines is 1. The molecule has 13 heteroatoms. The highest BCUT2D eigenvalue weighted by molar-refractivity contribution is 7.89.